The predicted molar refractivity (Wildman–Crippen MR) is 54.1 cm³/mol. The largest absolute Gasteiger partial charge is 0.481 e. The van der Waals surface area contributed by atoms with Gasteiger partial charge in [0.15, 0.2) is 0 Å². The summed E-state index contributed by atoms with van der Waals surface area (Å²) in [7, 11) is 0. The highest BCUT2D eigenvalue weighted by atomic mass is 16.4. The van der Waals surface area contributed by atoms with Gasteiger partial charge in [0.1, 0.15) is 0 Å². The molecule has 1 unspecified atom stereocenters. The maximum absolute atomic E-state index is 11.2. The summed E-state index contributed by atoms with van der Waals surface area (Å²) < 4.78 is 0. The lowest BCUT2D eigenvalue weighted by Crippen LogP contribution is -2.44. The van der Waals surface area contributed by atoms with Crippen LogP contribution in [-0.4, -0.2) is 22.3 Å². The van der Waals surface area contributed by atoms with Crippen LogP contribution in [0.2, 0.25) is 0 Å². The summed E-state index contributed by atoms with van der Waals surface area (Å²) in [5.41, 5.74) is -0.839. The van der Waals surface area contributed by atoms with Gasteiger partial charge in [-0.15, -0.1) is 0 Å². The van der Waals surface area contributed by atoms with Crippen molar-refractivity contribution in [1.82, 2.24) is 0 Å². The number of carboxylic acid groups (broad SMARTS) is 1. The zero-order valence-corrected chi connectivity index (χ0v) is 8.83. The number of aliphatic hydroxyl groups is 1. The van der Waals surface area contributed by atoms with E-state index < -0.39 is 17.5 Å². The van der Waals surface area contributed by atoms with E-state index in [-0.39, 0.29) is 0 Å². The van der Waals surface area contributed by atoms with Crippen molar-refractivity contribution in [1.29, 1.82) is 0 Å². The van der Waals surface area contributed by atoms with Crippen LogP contribution in [0.3, 0.4) is 0 Å². The van der Waals surface area contributed by atoms with Gasteiger partial charge >= 0.3 is 5.97 Å². The summed E-state index contributed by atoms with van der Waals surface area (Å²) in [6, 6.07) is 0. The summed E-state index contributed by atoms with van der Waals surface area (Å²) in [5, 5.41) is 19.1. The topological polar surface area (TPSA) is 57.5 Å². The Bertz CT molecular complexity index is 195. The van der Waals surface area contributed by atoms with E-state index in [1.807, 2.05) is 6.92 Å². The molecule has 0 aromatic carbocycles. The molecule has 2 N–H and O–H groups in total. The minimum absolute atomic E-state index is 0.603. The number of aliphatic carboxylic acids is 1. The van der Waals surface area contributed by atoms with Crippen molar-refractivity contribution in [2.75, 3.05) is 0 Å². The van der Waals surface area contributed by atoms with E-state index in [0.29, 0.717) is 19.3 Å². The first kappa shape index (κ1) is 11.5. The fourth-order valence-electron chi connectivity index (χ4n) is 2.42. The van der Waals surface area contributed by atoms with Gasteiger partial charge in [0, 0.05) is 0 Å². The molecule has 3 heteroatoms. The Labute approximate surface area is 85.1 Å². The first-order chi connectivity index (χ1) is 6.63. The van der Waals surface area contributed by atoms with Crippen LogP contribution in [0.25, 0.3) is 0 Å². The zero-order valence-electron chi connectivity index (χ0n) is 8.83. The first-order valence-corrected chi connectivity index (χ1v) is 5.55. The molecule has 14 heavy (non-hydrogen) atoms. The molecule has 1 rings (SSSR count). The molecule has 1 aliphatic rings. The normalized spacial score (nSPS) is 23.0. The maximum Gasteiger partial charge on any atom is 0.312 e. The van der Waals surface area contributed by atoms with Crippen molar-refractivity contribution in [3.8, 4) is 0 Å². The Hall–Kier alpha value is -0.570. The smallest absolute Gasteiger partial charge is 0.312 e. The van der Waals surface area contributed by atoms with E-state index >= 15 is 0 Å². The van der Waals surface area contributed by atoms with E-state index in [1.165, 1.54) is 0 Å². The molecule has 0 aliphatic heterocycles. The van der Waals surface area contributed by atoms with Gasteiger partial charge in [0.2, 0.25) is 0 Å². The molecule has 0 amide bonds. The number of aliphatic hydroxyl groups excluding tert-OH is 1. The molecule has 0 saturated heterocycles. The van der Waals surface area contributed by atoms with Crippen molar-refractivity contribution >= 4 is 5.97 Å². The molecule has 0 aromatic rings. The quantitative estimate of drug-likeness (QED) is 0.731. The molecule has 1 fully saturated rings. The number of hydrogen-bond donors (Lipinski definition) is 2. The van der Waals surface area contributed by atoms with Crippen LogP contribution in [0.4, 0.5) is 0 Å². The third kappa shape index (κ3) is 2.08. The molecule has 0 aromatic heterocycles. The summed E-state index contributed by atoms with van der Waals surface area (Å²) in [6.07, 6.45) is 5.05. The van der Waals surface area contributed by atoms with Crippen LogP contribution in [0.15, 0.2) is 0 Å². The third-order valence-electron chi connectivity index (χ3n) is 3.37. The molecule has 0 spiro atoms. The SMILES string of the molecule is CCCC(O)C1(C(=O)O)CCCCC1. The molecule has 1 aliphatic carbocycles. The number of carboxylic acids is 1. The second-order valence-corrected chi connectivity index (χ2v) is 4.33. The van der Waals surface area contributed by atoms with Gasteiger partial charge in [-0.25, -0.2) is 0 Å². The maximum atomic E-state index is 11.2. The molecule has 82 valence electrons. The summed E-state index contributed by atoms with van der Waals surface area (Å²) in [5.74, 6) is -0.807. The van der Waals surface area contributed by atoms with Crippen molar-refractivity contribution in [3.05, 3.63) is 0 Å². The Morgan fingerprint density at radius 1 is 1.36 bits per heavy atom. The highest BCUT2D eigenvalue weighted by Gasteiger charge is 2.45. The number of hydrogen-bond acceptors (Lipinski definition) is 2. The lowest BCUT2D eigenvalue weighted by atomic mass is 9.69. The van der Waals surface area contributed by atoms with Crippen LogP contribution in [0.5, 0.6) is 0 Å². The Morgan fingerprint density at radius 3 is 2.36 bits per heavy atom. The van der Waals surface area contributed by atoms with E-state index in [2.05, 4.69) is 0 Å². The highest BCUT2D eigenvalue weighted by molar-refractivity contribution is 5.75. The van der Waals surface area contributed by atoms with Crippen LogP contribution in [0.1, 0.15) is 51.9 Å². The molecule has 3 nitrogen and oxygen atoms in total. The number of carbonyl (C=O) groups is 1. The molecule has 0 bridgehead atoms. The van der Waals surface area contributed by atoms with Crippen LogP contribution in [-0.2, 0) is 4.79 Å². The van der Waals surface area contributed by atoms with Crippen molar-refractivity contribution in [2.24, 2.45) is 5.41 Å². The first-order valence-electron chi connectivity index (χ1n) is 5.55. The van der Waals surface area contributed by atoms with Gasteiger partial charge in [-0.1, -0.05) is 32.6 Å². The Kier molecular flexibility index (Phi) is 3.93. The van der Waals surface area contributed by atoms with E-state index in [4.69, 9.17) is 0 Å². The van der Waals surface area contributed by atoms with Gasteiger partial charge in [-0.05, 0) is 19.3 Å². The fraction of sp³-hybridized carbons (Fsp3) is 0.909. The number of rotatable bonds is 4. The predicted octanol–water partition coefficient (Wildman–Crippen LogP) is 2.18. The second-order valence-electron chi connectivity index (χ2n) is 4.33. The monoisotopic (exact) mass is 200 g/mol. The van der Waals surface area contributed by atoms with Crippen LogP contribution < -0.4 is 0 Å². The Balaban J connectivity index is 2.74. The average molecular weight is 200 g/mol. The lowest BCUT2D eigenvalue weighted by molar-refractivity contribution is -0.160. The molecule has 0 heterocycles. The molecular formula is C11H20O3. The third-order valence-corrected chi connectivity index (χ3v) is 3.37. The van der Waals surface area contributed by atoms with Crippen LogP contribution in [0, 0.1) is 5.41 Å². The van der Waals surface area contributed by atoms with Crippen molar-refractivity contribution < 1.29 is 15.0 Å². The van der Waals surface area contributed by atoms with E-state index in [1.54, 1.807) is 0 Å². The fourth-order valence-corrected chi connectivity index (χ4v) is 2.42. The van der Waals surface area contributed by atoms with Gasteiger partial charge < -0.3 is 10.2 Å². The molecule has 1 saturated carbocycles. The highest BCUT2D eigenvalue weighted by Crippen LogP contribution is 2.40. The lowest BCUT2D eigenvalue weighted by Gasteiger charge is -2.37. The van der Waals surface area contributed by atoms with Gasteiger partial charge in [0.25, 0.3) is 0 Å². The van der Waals surface area contributed by atoms with Gasteiger partial charge in [-0.2, -0.15) is 0 Å². The molecule has 0 radical (unpaired) electrons. The van der Waals surface area contributed by atoms with Gasteiger partial charge in [0.05, 0.1) is 11.5 Å². The Morgan fingerprint density at radius 2 is 1.93 bits per heavy atom. The average Bonchev–Trinajstić information content (AvgIpc) is 2.19. The van der Waals surface area contributed by atoms with E-state index in [0.717, 1.165) is 25.7 Å². The minimum Gasteiger partial charge on any atom is -0.481 e. The zero-order chi connectivity index (χ0) is 10.6. The van der Waals surface area contributed by atoms with Crippen LogP contribution >= 0.6 is 0 Å². The summed E-state index contributed by atoms with van der Waals surface area (Å²) >= 11 is 0. The summed E-state index contributed by atoms with van der Waals surface area (Å²) in [4.78, 5) is 11.2. The molecular weight excluding hydrogens is 180 g/mol. The molecule has 1 atom stereocenters. The second kappa shape index (κ2) is 4.78. The van der Waals surface area contributed by atoms with E-state index in [9.17, 15) is 15.0 Å². The van der Waals surface area contributed by atoms with Crippen molar-refractivity contribution in [3.63, 3.8) is 0 Å². The summed E-state index contributed by atoms with van der Waals surface area (Å²) in [6.45, 7) is 1.97. The van der Waals surface area contributed by atoms with Gasteiger partial charge in [-0.3, -0.25) is 4.79 Å². The minimum atomic E-state index is -0.839. The standard InChI is InChI=1S/C11H20O3/c1-2-6-9(12)11(10(13)14)7-4-3-5-8-11/h9,12H,2-8H2,1H3,(H,13,14). The van der Waals surface area contributed by atoms with Crippen molar-refractivity contribution in [2.45, 2.75) is 58.0 Å².